The first-order valence-corrected chi connectivity index (χ1v) is 13.7. The third-order valence-electron chi connectivity index (χ3n) is 5.37. The molecule has 0 aliphatic carbocycles. The lowest BCUT2D eigenvalue weighted by atomic mass is 9.96. The summed E-state index contributed by atoms with van der Waals surface area (Å²) in [5.74, 6) is -3.95. The zero-order valence-electron chi connectivity index (χ0n) is 20.0. The fourth-order valence-electron chi connectivity index (χ4n) is 3.35. The second-order valence-electron chi connectivity index (χ2n) is 8.73. The molecule has 0 bridgehead atoms. The molecule has 0 aliphatic rings. The third kappa shape index (κ3) is 8.27. The third-order valence-corrected chi connectivity index (χ3v) is 8.97. The van der Waals surface area contributed by atoms with Crippen molar-refractivity contribution < 1.29 is 39.6 Å². The molecule has 2 rings (SSSR count). The maximum Gasteiger partial charge on any atom is 0.417 e. The molecule has 2 unspecified atom stereocenters. The Kier molecular flexibility index (Phi) is 10.2. The molecule has 38 heavy (non-hydrogen) atoms. The van der Waals surface area contributed by atoms with Gasteiger partial charge in [0.1, 0.15) is 0 Å². The second kappa shape index (κ2) is 12.1. The van der Waals surface area contributed by atoms with Gasteiger partial charge in [-0.2, -0.15) is 26.3 Å². The van der Waals surface area contributed by atoms with Crippen molar-refractivity contribution in [3.8, 4) is 0 Å². The molecule has 0 fully saturated rings. The Morgan fingerprint density at radius 2 is 1.53 bits per heavy atom. The highest BCUT2D eigenvalue weighted by atomic mass is 35.5. The molecule has 1 N–H and O–H groups in total. The number of rotatable bonds is 8. The number of hydrogen-bond donors (Lipinski definition) is 1. The number of benzene rings is 2. The van der Waals surface area contributed by atoms with Crippen LogP contribution in [0.15, 0.2) is 36.4 Å². The van der Waals surface area contributed by atoms with Gasteiger partial charge in [0.05, 0.1) is 43.1 Å². The van der Waals surface area contributed by atoms with Gasteiger partial charge in [0.2, 0.25) is 0 Å². The molecular formula is C24H22Cl3F6NO3S. The van der Waals surface area contributed by atoms with E-state index in [2.05, 4.69) is 5.32 Å². The van der Waals surface area contributed by atoms with Crippen LogP contribution in [0, 0.1) is 0 Å². The van der Waals surface area contributed by atoms with Crippen LogP contribution in [0.1, 0.15) is 53.7 Å². The first-order chi connectivity index (χ1) is 17.2. The van der Waals surface area contributed by atoms with E-state index in [-0.39, 0.29) is 26.2 Å². The molecule has 2 aromatic carbocycles. The van der Waals surface area contributed by atoms with E-state index in [1.54, 1.807) is 0 Å². The van der Waals surface area contributed by atoms with E-state index >= 15 is 0 Å². The van der Waals surface area contributed by atoms with E-state index in [1.807, 2.05) is 0 Å². The SMILES string of the molecule is CC(CS(=O)(=O)C(C)C)NC(=O)c1ccc(/C=C/C(c2cc(Cl)c(Cl)c(Cl)c2)C(F)(F)F)cc1C(F)(F)F. The highest BCUT2D eigenvalue weighted by Crippen LogP contribution is 2.41. The van der Waals surface area contributed by atoms with Crippen LogP contribution in [-0.4, -0.2) is 37.5 Å². The van der Waals surface area contributed by atoms with Crippen LogP contribution in [0.4, 0.5) is 26.3 Å². The van der Waals surface area contributed by atoms with Gasteiger partial charge in [-0.3, -0.25) is 4.79 Å². The minimum absolute atomic E-state index is 0.151. The summed E-state index contributed by atoms with van der Waals surface area (Å²) in [6.07, 6.45) is -8.44. The first-order valence-electron chi connectivity index (χ1n) is 10.9. The molecule has 0 spiro atoms. The average molecular weight is 625 g/mol. The van der Waals surface area contributed by atoms with Crippen molar-refractivity contribution in [2.24, 2.45) is 0 Å². The second-order valence-corrected chi connectivity index (χ2v) is 12.5. The lowest BCUT2D eigenvalue weighted by Crippen LogP contribution is -2.39. The summed E-state index contributed by atoms with van der Waals surface area (Å²) in [5, 5.41) is 0.855. The number of allylic oxidation sites excluding steroid dienone is 1. The van der Waals surface area contributed by atoms with Crippen LogP contribution in [0.25, 0.3) is 6.08 Å². The summed E-state index contributed by atoms with van der Waals surface area (Å²) in [7, 11) is -3.59. The molecule has 2 atom stereocenters. The Balaban J connectivity index is 2.43. The van der Waals surface area contributed by atoms with Crippen LogP contribution in [0.2, 0.25) is 15.1 Å². The van der Waals surface area contributed by atoms with Gasteiger partial charge in [0.15, 0.2) is 9.84 Å². The summed E-state index contributed by atoms with van der Waals surface area (Å²) in [6, 6.07) is 3.27. The van der Waals surface area contributed by atoms with Crippen molar-refractivity contribution in [1.29, 1.82) is 0 Å². The summed E-state index contributed by atoms with van der Waals surface area (Å²) in [6.45, 7) is 4.18. The molecule has 2 aromatic rings. The number of carbonyl (C=O) groups is 1. The van der Waals surface area contributed by atoms with E-state index in [0.29, 0.717) is 12.1 Å². The van der Waals surface area contributed by atoms with Crippen LogP contribution in [-0.2, 0) is 16.0 Å². The fraction of sp³-hybridized carbons (Fsp3) is 0.375. The molecule has 0 aromatic heterocycles. The molecule has 0 radical (unpaired) electrons. The van der Waals surface area contributed by atoms with Crippen molar-refractivity contribution in [2.45, 2.75) is 50.3 Å². The average Bonchev–Trinajstić information content (AvgIpc) is 2.75. The van der Waals surface area contributed by atoms with Gasteiger partial charge in [-0.1, -0.05) is 53.0 Å². The predicted octanol–water partition coefficient (Wildman–Crippen LogP) is 7.97. The first kappa shape index (κ1) is 32.3. The molecule has 1 amide bonds. The van der Waals surface area contributed by atoms with Gasteiger partial charge in [0.25, 0.3) is 5.91 Å². The number of hydrogen-bond acceptors (Lipinski definition) is 3. The molecule has 0 saturated heterocycles. The maximum atomic E-state index is 13.8. The molecule has 0 aliphatic heterocycles. The summed E-state index contributed by atoms with van der Waals surface area (Å²) < 4.78 is 107. The standard InChI is InChI=1S/C24H22Cl3F6NO3S/c1-12(2)38(36,37)11-13(3)34-22(35)16-6-4-14(8-18(16)24(31,32)33)5-7-17(23(28,29)30)15-9-19(25)21(27)20(26)10-15/h4-10,12-13,17H,11H2,1-3H3,(H,34,35)/b7-5+. The van der Waals surface area contributed by atoms with E-state index < -0.39 is 62.2 Å². The van der Waals surface area contributed by atoms with E-state index in [1.165, 1.54) is 20.8 Å². The molecule has 14 heteroatoms. The van der Waals surface area contributed by atoms with Crippen LogP contribution < -0.4 is 5.32 Å². The molecule has 4 nitrogen and oxygen atoms in total. The summed E-state index contributed by atoms with van der Waals surface area (Å²) >= 11 is 17.4. The molecule has 210 valence electrons. The maximum absolute atomic E-state index is 13.8. The minimum Gasteiger partial charge on any atom is -0.349 e. The van der Waals surface area contributed by atoms with Crippen molar-refractivity contribution in [3.63, 3.8) is 0 Å². The van der Waals surface area contributed by atoms with Crippen molar-refractivity contribution in [1.82, 2.24) is 5.32 Å². The van der Waals surface area contributed by atoms with Gasteiger partial charge in [-0.15, -0.1) is 0 Å². The highest BCUT2D eigenvalue weighted by Gasteiger charge is 2.40. The normalized spacial score (nSPS) is 14.7. The predicted molar refractivity (Wildman–Crippen MR) is 137 cm³/mol. The topological polar surface area (TPSA) is 63.2 Å². The van der Waals surface area contributed by atoms with E-state index in [0.717, 1.165) is 30.3 Å². The molecular weight excluding hydrogens is 603 g/mol. The van der Waals surface area contributed by atoms with Crippen LogP contribution in [0.5, 0.6) is 0 Å². The Labute approximate surface area is 230 Å². The van der Waals surface area contributed by atoms with Crippen molar-refractivity contribution in [2.75, 3.05) is 5.75 Å². The van der Waals surface area contributed by atoms with E-state index in [4.69, 9.17) is 34.8 Å². The van der Waals surface area contributed by atoms with Gasteiger partial charge in [0, 0.05) is 6.04 Å². The number of halogens is 9. The van der Waals surface area contributed by atoms with E-state index in [9.17, 15) is 39.6 Å². The zero-order valence-corrected chi connectivity index (χ0v) is 23.1. The smallest absolute Gasteiger partial charge is 0.349 e. The molecule has 0 heterocycles. The Morgan fingerprint density at radius 3 is 2.00 bits per heavy atom. The van der Waals surface area contributed by atoms with Crippen molar-refractivity contribution >= 4 is 56.6 Å². The van der Waals surface area contributed by atoms with Gasteiger partial charge >= 0.3 is 12.4 Å². The Hall–Kier alpha value is -1.95. The lowest BCUT2D eigenvalue weighted by Gasteiger charge is -2.19. The summed E-state index contributed by atoms with van der Waals surface area (Å²) in [5.41, 5.74) is -2.88. The monoisotopic (exact) mass is 623 g/mol. The number of nitrogens with one attached hydrogen (secondary N) is 1. The number of sulfone groups is 1. The largest absolute Gasteiger partial charge is 0.417 e. The number of carbonyl (C=O) groups excluding carboxylic acids is 1. The fourth-order valence-corrected chi connectivity index (χ4v) is 5.13. The van der Waals surface area contributed by atoms with Gasteiger partial charge in [-0.05, 0) is 56.2 Å². The Morgan fingerprint density at radius 1 is 0.974 bits per heavy atom. The van der Waals surface area contributed by atoms with Gasteiger partial charge < -0.3 is 5.32 Å². The number of amides is 1. The Bertz CT molecular complexity index is 1300. The minimum atomic E-state index is -5.04. The zero-order chi connectivity index (χ0) is 29.2. The van der Waals surface area contributed by atoms with Crippen LogP contribution in [0.3, 0.4) is 0 Å². The quantitative estimate of drug-likeness (QED) is 0.239. The molecule has 0 saturated carbocycles. The number of alkyl halides is 6. The van der Waals surface area contributed by atoms with Gasteiger partial charge in [-0.25, -0.2) is 8.42 Å². The lowest BCUT2D eigenvalue weighted by molar-refractivity contribution is -0.139. The highest BCUT2D eigenvalue weighted by molar-refractivity contribution is 7.92. The van der Waals surface area contributed by atoms with Crippen LogP contribution >= 0.6 is 34.8 Å². The van der Waals surface area contributed by atoms with Crippen molar-refractivity contribution in [3.05, 3.63) is 73.7 Å². The summed E-state index contributed by atoms with van der Waals surface area (Å²) in [4.78, 5) is 12.6.